The Morgan fingerprint density at radius 1 is 1.00 bits per heavy atom. The van der Waals surface area contributed by atoms with Crippen LogP contribution in [0.3, 0.4) is 0 Å². The molecule has 1 heterocycles. The molecule has 8 heteroatoms. The van der Waals surface area contributed by atoms with Crippen molar-refractivity contribution < 1.29 is 14.3 Å². The van der Waals surface area contributed by atoms with E-state index in [4.69, 9.17) is 21.1 Å². The first-order valence-corrected chi connectivity index (χ1v) is 11.1. The molecule has 1 aromatic heterocycles. The van der Waals surface area contributed by atoms with E-state index in [0.29, 0.717) is 29.6 Å². The highest BCUT2D eigenvalue weighted by Gasteiger charge is 2.10. The molecule has 0 aliphatic rings. The van der Waals surface area contributed by atoms with Crippen LogP contribution in [0.15, 0.2) is 84.0 Å². The first kappa shape index (κ1) is 23.1. The number of rotatable bonds is 9. The standard InChI is InChI=1S/C26H23ClN4O3/c1-2-33-22-11-5-18(6-12-22)16-28-31-26(32)25-15-24(29-30-25)20-7-13-23(14-8-20)34-17-19-3-9-21(27)10-4-19/h3-16H,2,17H2,1H3,(H,29,30)(H,31,32)/b28-16+. The summed E-state index contributed by atoms with van der Waals surface area (Å²) in [6.07, 6.45) is 1.56. The molecule has 0 saturated carbocycles. The molecule has 0 bridgehead atoms. The summed E-state index contributed by atoms with van der Waals surface area (Å²) in [6, 6.07) is 24.1. The number of hydrogen-bond donors (Lipinski definition) is 2. The lowest BCUT2D eigenvalue weighted by Gasteiger charge is -2.07. The Morgan fingerprint density at radius 3 is 2.38 bits per heavy atom. The molecule has 0 spiro atoms. The minimum atomic E-state index is -0.385. The van der Waals surface area contributed by atoms with Gasteiger partial charge in [0.15, 0.2) is 0 Å². The molecule has 0 aliphatic heterocycles. The maximum Gasteiger partial charge on any atom is 0.289 e. The molecule has 4 rings (SSSR count). The van der Waals surface area contributed by atoms with Crippen LogP contribution in [0.5, 0.6) is 11.5 Å². The summed E-state index contributed by atoms with van der Waals surface area (Å²) in [5, 5.41) is 11.7. The van der Waals surface area contributed by atoms with Crippen molar-refractivity contribution in [3.8, 4) is 22.8 Å². The van der Waals surface area contributed by atoms with Crippen molar-refractivity contribution >= 4 is 23.7 Å². The second-order valence-corrected chi connectivity index (χ2v) is 7.74. The van der Waals surface area contributed by atoms with Crippen molar-refractivity contribution in [1.82, 2.24) is 15.6 Å². The van der Waals surface area contributed by atoms with Crippen molar-refractivity contribution in [2.75, 3.05) is 6.61 Å². The summed E-state index contributed by atoms with van der Waals surface area (Å²) in [5.74, 6) is 1.13. The fourth-order valence-electron chi connectivity index (χ4n) is 3.10. The van der Waals surface area contributed by atoms with Crippen LogP contribution < -0.4 is 14.9 Å². The van der Waals surface area contributed by atoms with Gasteiger partial charge >= 0.3 is 0 Å². The quantitative estimate of drug-likeness (QED) is 0.248. The highest BCUT2D eigenvalue weighted by atomic mass is 35.5. The third-order valence-electron chi connectivity index (χ3n) is 4.86. The summed E-state index contributed by atoms with van der Waals surface area (Å²) < 4.78 is 11.2. The average molecular weight is 475 g/mol. The molecule has 1 amide bonds. The monoisotopic (exact) mass is 474 g/mol. The van der Waals surface area contributed by atoms with Gasteiger partial charge in [0, 0.05) is 10.6 Å². The summed E-state index contributed by atoms with van der Waals surface area (Å²) in [6.45, 7) is 2.98. The van der Waals surface area contributed by atoms with Crippen molar-refractivity contribution in [2.45, 2.75) is 13.5 Å². The van der Waals surface area contributed by atoms with Crippen LogP contribution in [0.25, 0.3) is 11.3 Å². The number of H-pyrrole nitrogens is 1. The number of aromatic nitrogens is 2. The van der Waals surface area contributed by atoms with Crippen LogP contribution >= 0.6 is 11.6 Å². The zero-order chi connectivity index (χ0) is 23.8. The lowest BCUT2D eigenvalue weighted by atomic mass is 10.1. The third-order valence-corrected chi connectivity index (χ3v) is 5.11. The highest BCUT2D eigenvalue weighted by Crippen LogP contribution is 2.22. The number of carbonyl (C=O) groups excluding carboxylic acids is 1. The fraction of sp³-hybridized carbons (Fsp3) is 0.115. The number of benzene rings is 3. The highest BCUT2D eigenvalue weighted by molar-refractivity contribution is 6.30. The predicted octanol–water partition coefficient (Wildman–Crippen LogP) is 5.47. The van der Waals surface area contributed by atoms with Crippen LogP contribution in [0.2, 0.25) is 5.02 Å². The Labute approximate surface area is 202 Å². The molecule has 3 aromatic carbocycles. The first-order chi connectivity index (χ1) is 16.6. The molecule has 0 fully saturated rings. The molecule has 0 unspecified atom stereocenters. The number of halogens is 1. The average Bonchev–Trinajstić information content (AvgIpc) is 3.36. The number of aromatic amines is 1. The lowest BCUT2D eigenvalue weighted by molar-refractivity contribution is 0.0950. The zero-order valence-electron chi connectivity index (χ0n) is 18.5. The third kappa shape index (κ3) is 6.24. The molecule has 7 nitrogen and oxygen atoms in total. The minimum absolute atomic E-state index is 0.307. The smallest absolute Gasteiger partial charge is 0.289 e. The number of hydrazone groups is 1. The number of amides is 1. The van der Waals surface area contributed by atoms with E-state index in [1.165, 1.54) is 0 Å². The van der Waals surface area contributed by atoms with Gasteiger partial charge in [-0.15, -0.1) is 0 Å². The van der Waals surface area contributed by atoms with Crippen molar-refractivity contribution in [3.63, 3.8) is 0 Å². The van der Waals surface area contributed by atoms with Crippen molar-refractivity contribution in [3.05, 3.63) is 101 Å². The Balaban J connectivity index is 1.31. The molecule has 4 aromatic rings. The minimum Gasteiger partial charge on any atom is -0.494 e. The van der Waals surface area contributed by atoms with E-state index in [2.05, 4.69) is 20.7 Å². The summed E-state index contributed by atoms with van der Waals surface area (Å²) in [7, 11) is 0. The normalized spacial score (nSPS) is 10.9. The molecule has 2 N–H and O–H groups in total. The number of ether oxygens (including phenoxy) is 2. The molecule has 172 valence electrons. The van der Waals surface area contributed by atoms with Crippen molar-refractivity contribution in [2.24, 2.45) is 5.10 Å². The molecule has 0 aliphatic carbocycles. The topological polar surface area (TPSA) is 88.6 Å². The molecule has 0 atom stereocenters. The number of hydrogen-bond acceptors (Lipinski definition) is 5. The largest absolute Gasteiger partial charge is 0.494 e. The maximum atomic E-state index is 12.4. The summed E-state index contributed by atoms with van der Waals surface area (Å²) in [4.78, 5) is 12.4. The molecule has 0 saturated heterocycles. The van der Waals surface area contributed by atoms with E-state index in [-0.39, 0.29) is 5.91 Å². The van der Waals surface area contributed by atoms with E-state index < -0.39 is 0 Å². The summed E-state index contributed by atoms with van der Waals surface area (Å²) in [5.41, 5.74) is 6.17. The van der Waals surface area contributed by atoms with Crippen LogP contribution in [0, 0.1) is 0 Å². The molecule has 34 heavy (non-hydrogen) atoms. The van der Waals surface area contributed by atoms with E-state index in [9.17, 15) is 4.79 Å². The van der Waals surface area contributed by atoms with Gasteiger partial charge in [0.05, 0.1) is 18.5 Å². The second kappa shape index (κ2) is 11.2. The molecular weight excluding hydrogens is 452 g/mol. The van der Waals surface area contributed by atoms with Crippen LogP contribution in [-0.4, -0.2) is 28.9 Å². The van der Waals surface area contributed by atoms with E-state index in [1.54, 1.807) is 12.3 Å². The van der Waals surface area contributed by atoms with Gasteiger partial charge in [-0.3, -0.25) is 9.89 Å². The Kier molecular flexibility index (Phi) is 7.57. The van der Waals surface area contributed by atoms with Crippen LogP contribution in [0.1, 0.15) is 28.5 Å². The van der Waals surface area contributed by atoms with Gasteiger partial charge in [0.2, 0.25) is 0 Å². The van der Waals surface area contributed by atoms with Gasteiger partial charge in [-0.2, -0.15) is 10.2 Å². The summed E-state index contributed by atoms with van der Waals surface area (Å²) >= 11 is 5.90. The van der Waals surface area contributed by atoms with Gasteiger partial charge < -0.3 is 9.47 Å². The SMILES string of the molecule is CCOc1ccc(/C=N/NC(=O)c2cc(-c3ccc(OCc4ccc(Cl)cc4)cc3)n[nH]2)cc1. The lowest BCUT2D eigenvalue weighted by Crippen LogP contribution is -2.17. The first-order valence-electron chi connectivity index (χ1n) is 10.7. The Bertz CT molecular complexity index is 1250. The Morgan fingerprint density at radius 2 is 1.68 bits per heavy atom. The molecular formula is C26H23ClN4O3. The van der Waals surface area contributed by atoms with Crippen molar-refractivity contribution in [1.29, 1.82) is 0 Å². The zero-order valence-corrected chi connectivity index (χ0v) is 19.3. The van der Waals surface area contributed by atoms with Gasteiger partial charge in [-0.1, -0.05) is 23.7 Å². The number of nitrogens with one attached hydrogen (secondary N) is 2. The maximum absolute atomic E-state index is 12.4. The van der Waals surface area contributed by atoms with Crippen LogP contribution in [0.4, 0.5) is 0 Å². The van der Waals surface area contributed by atoms with Gasteiger partial charge in [-0.05, 0) is 84.8 Å². The van der Waals surface area contributed by atoms with Gasteiger partial charge in [0.1, 0.15) is 23.8 Å². The number of carbonyl (C=O) groups is 1. The van der Waals surface area contributed by atoms with E-state index in [1.807, 2.05) is 79.7 Å². The van der Waals surface area contributed by atoms with E-state index >= 15 is 0 Å². The fourth-order valence-corrected chi connectivity index (χ4v) is 3.22. The second-order valence-electron chi connectivity index (χ2n) is 7.31. The Hall–Kier alpha value is -4.10. The molecule has 0 radical (unpaired) electrons. The van der Waals surface area contributed by atoms with Gasteiger partial charge in [0.25, 0.3) is 5.91 Å². The van der Waals surface area contributed by atoms with Gasteiger partial charge in [-0.25, -0.2) is 5.43 Å². The number of nitrogens with zero attached hydrogens (tertiary/aromatic N) is 2. The predicted molar refractivity (Wildman–Crippen MR) is 132 cm³/mol. The van der Waals surface area contributed by atoms with Crippen LogP contribution in [-0.2, 0) is 6.61 Å². The van der Waals surface area contributed by atoms with E-state index in [0.717, 1.165) is 28.2 Å².